The standard InChI is InChI=1S/C16H20F2N3O6P/c1-4-26-28(24,27-5-2)16(17,18)14(22)12-8-6-11(7-9-12)10-13(20-21-19)15(23)25-3/h6-10,14,22H,4-5H2,1-3H3/b13-10-. The summed E-state index contributed by atoms with van der Waals surface area (Å²) in [6, 6.07) is 4.85. The van der Waals surface area contributed by atoms with Crippen LogP contribution < -0.4 is 0 Å². The summed E-state index contributed by atoms with van der Waals surface area (Å²) < 4.78 is 55.3. The molecule has 1 aromatic rings. The molecular weight excluding hydrogens is 399 g/mol. The molecule has 1 unspecified atom stereocenters. The molecule has 0 saturated heterocycles. The van der Waals surface area contributed by atoms with Gasteiger partial charge in [-0.15, -0.1) is 0 Å². The van der Waals surface area contributed by atoms with Gasteiger partial charge in [0.15, 0.2) is 6.10 Å². The SMILES string of the molecule is CCOP(=O)(OCC)C(F)(F)C(O)c1ccc(/C=C(\N=[N+]=[N-])C(=O)OC)cc1. The highest BCUT2D eigenvalue weighted by atomic mass is 31.2. The largest absolute Gasteiger partial charge is 0.466 e. The fourth-order valence-electron chi connectivity index (χ4n) is 2.11. The van der Waals surface area contributed by atoms with E-state index in [1.54, 1.807) is 0 Å². The Morgan fingerprint density at radius 3 is 2.29 bits per heavy atom. The number of alkyl halides is 2. The van der Waals surface area contributed by atoms with Crippen molar-refractivity contribution in [3.05, 3.63) is 51.5 Å². The first kappa shape index (κ1) is 23.7. The van der Waals surface area contributed by atoms with E-state index < -0.39 is 25.3 Å². The number of hydrogen-bond acceptors (Lipinski definition) is 7. The zero-order valence-corrected chi connectivity index (χ0v) is 16.3. The summed E-state index contributed by atoms with van der Waals surface area (Å²) >= 11 is 0. The summed E-state index contributed by atoms with van der Waals surface area (Å²) in [4.78, 5) is 14.0. The van der Waals surface area contributed by atoms with Crippen molar-refractivity contribution < 1.29 is 37.0 Å². The van der Waals surface area contributed by atoms with Crippen molar-refractivity contribution >= 4 is 19.6 Å². The van der Waals surface area contributed by atoms with E-state index >= 15 is 0 Å². The first-order valence-electron chi connectivity index (χ1n) is 8.07. The van der Waals surface area contributed by atoms with Gasteiger partial charge in [0.25, 0.3) is 0 Å². The minimum absolute atomic E-state index is 0.259. The Labute approximate surface area is 160 Å². The van der Waals surface area contributed by atoms with Crippen LogP contribution >= 0.6 is 7.60 Å². The molecule has 9 nitrogen and oxygen atoms in total. The molecule has 0 radical (unpaired) electrons. The molecule has 0 bridgehead atoms. The van der Waals surface area contributed by atoms with E-state index in [1.165, 1.54) is 32.1 Å². The van der Waals surface area contributed by atoms with Gasteiger partial charge in [-0.05, 0) is 36.6 Å². The van der Waals surface area contributed by atoms with Crippen LogP contribution in [0.25, 0.3) is 16.5 Å². The molecule has 0 aliphatic carbocycles. The molecule has 0 aromatic heterocycles. The Balaban J connectivity index is 3.20. The van der Waals surface area contributed by atoms with Crippen molar-refractivity contribution in [2.75, 3.05) is 20.3 Å². The Kier molecular flexibility index (Phi) is 8.74. The fourth-order valence-corrected chi connectivity index (χ4v) is 3.66. The summed E-state index contributed by atoms with van der Waals surface area (Å²) in [6.07, 6.45) is -1.29. The van der Waals surface area contributed by atoms with Crippen molar-refractivity contribution in [1.29, 1.82) is 0 Å². The summed E-state index contributed by atoms with van der Waals surface area (Å²) in [6.45, 7) is 2.16. The first-order chi connectivity index (χ1) is 13.2. The molecule has 0 saturated carbocycles. The maximum Gasteiger partial charge on any atom is 0.402 e. The van der Waals surface area contributed by atoms with Gasteiger partial charge in [-0.3, -0.25) is 4.57 Å². The molecule has 12 heteroatoms. The quantitative estimate of drug-likeness (QED) is 0.149. The van der Waals surface area contributed by atoms with Crippen molar-refractivity contribution in [2.24, 2.45) is 5.11 Å². The number of carbonyl (C=O) groups excluding carboxylic acids is 1. The number of azide groups is 1. The van der Waals surface area contributed by atoms with E-state index in [1.807, 2.05) is 0 Å². The number of halogens is 2. The first-order valence-corrected chi connectivity index (χ1v) is 9.61. The Hall–Kier alpha value is -2.29. The van der Waals surface area contributed by atoms with Crippen LogP contribution in [0.2, 0.25) is 0 Å². The van der Waals surface area contributed by atoms with Gasteiger partial charge in [-0.1, -0.05) is 29.4 Å². The van der Waals surface area contributed by atoms with Crippen molar-refractivity contribution in [1.82, 2.24) is 0 Å². The van der Waals surface area contributed by atoms with Crippen LogP contribution in [0, 0.1) is 0 Å². The van der Waals surface area contributed by atoms with Gasteiger partial charge < -0.3 is 18.9 Å². The second-order valence-electron chi connectivity index (χ2n) is 5.20. The van der Waals surface area contributed by atoms with E-state index in [-0.39, 0.29) is 24.5 Å². The van der Waals surface area contributed by atoms with Gasteiger partial charge in [0.1, 0.15) is 5.70 Å². The van der Waals surface area contributed by atoms with Crippen LogP contribution in [0.5, 0.6) is 0 Å². The molecule has 1 rings (SSSR count). The minimum atomic E-state index is -4.92. The molecule has 1 atom stereocenters. The maximum atomic E-state index is 14.6. The van der Waals surface area contributed by atoms with Gasteiger partial charge in [0, 0.05) is 4.91 Å². The van der Waals surface area contributed by atoms with Gasteiger partial charge in [-0.2, -0.15) is 8.78 Å². The number of hydrogen-bond donors (Lipinski definition) is 1. The normalized spacial score (nSPS) is 13.6. The van der Waals surface area contributed by atoms with Crippen molar-refractivity contribution in [3.8, 4) is 0 Å². The van der Waals surface area contributed by atoms with Crippen LogP contribution in [0.3, 0.4) is 0 Å². The number of aliphatic hydroxyl groups is 1. The predicted octanol–water partition coefficient (Wildman–Crippen LogP) is 4.40. The number of methoxy groups -OCH3 is 1. The van der Waals surface area contributed by atoms with E-state index in [9.17, 15) is 23.2 Å². The molecule has 1 aromatic carbocycles. The Morgan fingerprint density at radius 1 is 1.32 bits per heavy atom. The number of esters is 1. The van der Waals surface area contributed by atoms with Gasteiger partial charge in [-0.25, -0.2) is 4.79 Å². The van der Waals surface area contributed by atoms with Gasteiger partial charge in [0.2, 0.25) is 0 Å². The second kappa shape index (κ2) is 10.3. The van der Waals surface area contributed by atoms with E-state index in [4.69, 9.17) is 5.53 Å². The number of ether oxygens (including phenoxy) is 1. The lowest BCUT2D eigenvalue weighted by molar-refractivity contribution is -0.136. The van der Waals surface area contributed by atoms with Crippen molar-refractivity contribution in [3.63, 3.8) is 0 Å². The summed E-state index contributed by atoms with van der Waals surface area (Å²) in [5.41, 5.74) is 3.98. The van der Waals surface area contributed by atoms with E-state index in [0.29, 0.717) is 5.56 Å². The third-order valence-electron chi connectivity index (χ3n) is 3.39. The topological polar surface area (TPSA) is 131 Å². The monoisotopic (exact) mass is 419 g/mol. The molecule has 0 spiro atoms. The Bertz CT molecular complexity index is 799. The average Bonchev–Trinajstić information content (AvgIpc) is 2.67. The van der Waals surface area contributed by atoms with Crippen molar-refractivity contribution in [2.45, 2.75) is 25.6 Å². The van der Waals surface area contributed by atoms with Crippen LogP contribution in [0.15, 0.2) is 35.1 Å². The number of aliphatic hydroxyl groups excluding tert-OH is 1. The smallest absolute Gasteiger partial charge is 0.402 e. The molecule has 0 heterocycles. The van der Waals surface area contributed by atoms with E-state index in [2.05, 4.69) is 23.8 Å². The fraction of sp³-hybridized carbons (Fsp3) is 0.438. The molecule has 0 aliphatic rings. The van der Waals surface area contributed by atoms with Crippen LogP contribution in [0.4, 0.5) is 8.78 Å². The predicted molar refractivity (Wildman–Crippen MR) is 96.3 cm³/mol. The number of rotatable bonds is 10. The molecular formula is C16H20F2N3O6P. The third-order valence-corrected chi connectivity index (χ3v) is 5.57. The summed E-state index contributed by atoms with van der Waals surface area (Å²) in [7, 11) is -3.82. The lowest BCUT2D eigenvalue weighted by Gasteiger charge is -2.29. The third kappa shape index (κ3) is 5.37. The second-order valence-corrected chi connectivity index (χ2v) is 7.31. The number of nitrogens with zero attached hydrogens (tertiary/aromatic N) is 3. The zero-order chi connectivity index (χ0) is 21.4. The summed E-state index contributed by atoms with van der Waals surface area (Å²) in [5, 5.41) is 13.3. The van der Waals surface area contributed by atoms with Crippen LogP contribution in [-0.4, -0.2) is 37.1 Å². The molecule has 154 valence electrons. The molecule has 0 amide bonds. The summed E-state index contributed by atoms with van der Waals surface area (Å²) in [5.74, 6) is -0.886. The molecule has 0 aliphatic heterocycles. The lowest BCUT2D eigenvalue weighted by Crippen LogP contribution is -2.28. The number of benzene rings is 1. The Morgan fingerprint density at radius 2 is 1.86 bits per heavy atom. The average molecular weight is 419 g/mol. The number of carbonyl (C=O) groups is 1. The highest BCUT2D eigenvalue weighted by Gasteiger charge is 2.59. The van der Waals surface area contributed by atoms with Gasteiger partial charge in [0.05, 0.1) is 20.3 Å². The van der Waals surface area contributed by atoms with Gasteiger partial charge >= 0.3 is 19.2 Å². The molecule has 28 heavy (non-hydrogen) atoms. The van der Waals surface area contributed by atoms with Crippen LogP contribution in [0.1, 0.15) is 31.1 Å². The molecule has 1 N–H and O–H groups in total. The highest BCUT2D eigenvalue weighted by Crippen LogP contribution is 2.66. The highest BCUT2D eigenvalue weighted by molar-refractivity contribution is 7.55. The van der Waals surface area contributed by atoms with E-state index in [0.717, 1.165) is 19.2 Å². The minimum Gasteiger partial charge on any atom is -0.466 e. The maximum absolute atomic E-state index is 14.6. The lowest BCUT2D eigenvalue weighted by atomic mass is 10.1. The zero-order valence-electron chi connectivity index (χ0n) is 15.4. The van der Waals surface area contributed by atoms with Crippen LogP contribution in [-0.2, 0) is 23.1 Å². The molecule has 0 fully saturated rings.